The highest BCUT2D eigenvalue weighted by molar-refractivity contribution is 5.93. The quantitative estimate of drug-likeness (QED) is 0.839. The monoisotopic (exact) mass is 368 g/mol. The Hall–Kier alpha value is -1.40. The second-order valence-electron chi connectivity index (χ2n) is 7.56. The summed E-state index contributed by atoms with van der Waals surface area (Å²) < 4.78 is 0. The third kappa shape index (κ3) is 4.42. The van der Waals surface area contributed by atoms with Crippen LogP contribution in [-0.4, -0.2) is 47.0 Å². The van der Waals surface area contributed by atoms with Crippen molar-refractivity contribution in [3.05, 3.63) is 27.9 Å². The molecule has 7 heteroatoms. The summed E-state index contributed by atoms with van der Waals surface area (Å²) in [4.78, 5) is 33.9. The fraction of sp³-hybridized carbons (Fsp3) is 0.722. The molecule has 0 aliphatic carbocycles. The molecule has 2 aliphatic rings. The van der Waals surface area contributed by atoms with Gasteiger partial charge in [-0.15, -0.1) is 12.4 Å². The molecule has 2 fully saturated rings. The highest BCUT2D eigenvalue weighted by Crippen LogP contribution is 2.39. The summed E-state index contributed by atoms with van der Waals surface area (Å²) in [5, 5.41) is 3.42. The molecule has 0 radical (unpaired) electrons. The van der Waals surface area contributed by atoms with Crippen molar-refractivity contribution in [3.8, 4) is 0 Å². The molecule has 140 valence electrons. The maximum Gasteiger partial charge on any atom is 0.263 e. The van der Waals surface area contributed by atoms with Gasteiger partial charge in [-0.3, -0.25) is 9.59 Å². The average molecular weight is 369 g/mol. The van der Waals surface area contributed by atoms with Gasteiger partial charge in [-0.2, -0.15) is 0 Å². The Balaban J connectivity index is 0.00000225. The van der Waals surface area contributed by atoms with Crippen molar-refractivity contribution in [2.75, 3.05) is 26.2 Å². The van der Waals surface area contributed by atoms with E-state index >= 15 is 0 Å². The van der Waals surface area contributed by atoms with Crippen molar-refractivity contribution in [1.82, 2.24) is 20.2 Å². The molecular weight excluding hydrogens is 340 g/mol. The molecule has 0 bridgehead atoms. The molecule has 2 N–H and O–H groups in total. The number of nitrogens with zero attached hydrogens (tertiary/aromatic N) is 2. The summed E-state index contributed by atoms with van der Waals surface area (Å²) in [7, 11) is 0. The van der Waals surface area contributed by atoms with Crippen LogP contribution >= 0.6 is 12.4 Å². The van der Waals surface area contributed by atoms with Crippen LogP contribution in [0.3, 0.4) is 0 Å². The highest BCUT2D eigenvalue weighted by atomic mass is 35.5. The molecule has 1 spiro atoms. The van der Waals surface area contributed by atoms with Gasteiger partial charge in [-0.25, -0.2) is 4.98 Å². The van der Waals surface area contributed by atoms with Gasteiger partial charge >= 0.3 is 0 Å². The summed E-state index contributed by atoms with van der Waals surface area (Å²) >= 11 is 0. The van der Waals surface area contributed by atoms with Crippen molar-refractivity contribution < 1.29 is 4.79 Å². The normalized spacial score (nSPS) is 20.2. The highest BCUT2D eigenvalue weighted by Gasteiger charge is 2.35. The van der Waals surface area contributed by atoms with Gasteiger partial charge in [0.15, 0.2) is 0 Å². The Morgan fingerprint density at radius 3 is 2.56 bits per heavy atom. The molecule has 1 aromatic rings. The molecule has 3 rings (SSSR count). The lowest BCUT2D eigenvalue weighted by atomic mass is 9.73. The fourth-order valence-corrected chi connectivity index (χ4v) is 3.94. The molecule has 0 saturated carbocycles. The Morgan fingerprint density at radius 1 is 1.20 bits per heavy atom. The number of carbonyl (C=O) groups excluding carboxylic acids is 1. The smallest absolute Gasteiger partial charge is 0.263 e. The minimum absolute atomic E-state index is 0. The first-order valence-electron chi connectivity index (χ1n) is 9.10. The van der Waals surface area contributed by atoms with Crippen LogP contribution in [0.1, 0.15) is 68.1 Å². The van der Waals surface area contributed by atoms with E-state index in [2.05, 4.69) is 15.3 Å². The summed E-state index contributed by atoms with van der Waals surface area (Å²) in [5.41, 5.74) is 0.229. The van der Waals surface area contributed by atoms with Crippen molar-refractivity contribution in [2.24, 2.45) is 5.41 Å². The second-order valence-corrected chi connectivity index (χ2v) is 7.56. The SMILES string of the molecule is CC(C)c1ncc(C(=O)N2CCCC3(CCNCC3)CC2)c(=O)[nH]1.Cl. The molecule has 1 amide bonds. The van der Waals surface area contributed by atoms with E-state index in [4.69, 9.17) is 0 Å². The van der Waals surface area contributed by atoms with E-state index in [9.17, 15) is 9.59 Å². The first-order chi connectivity index (χ1) is 11.5. The number of nitrogens with one attached hydrogen (secondary N) is 2. The lowest BCUT2D eigenvalue weighted by Crippen LogP contribution is -2.39. The largest absolute Gasteiger partial charge is 0.338 e. The number of hydrogen-bond donors (Lipinski definition) is 2. The van der Waals surface area contributed by atoms with Crippen LogP contribution in [0.4, 0.5) is 0 Å². The molecule has 6 nitrogen and oxygen atoms in total. The predicted molar refractivity (Wildman–Crippen MR) is 100 cm³/mol. The lowest BCUT2D eigenvalue weighted by molar-refractivity contribution is 0.0748. The Morgan fingerprint density at radius 2 is 1.92 bits per heavy atom. The molecule has 25 heavy (non-hydrogen) atoms. The van der Waals surface area contributed by atoms with E-state index in [0.29, 0.717) is 11.2 Å². The van der Waals surface area contributed by atoms with Crippen LogP contribution in [0.2, 0.25) is 0 Å². The van der Waals surface area contributed by atoms with Crippen molar-refractivity contribution in [3.63, 3.8) is 0 Å². The second kappa shape index (κ2) is 8.32. The molecule has 3 heterocycles. The third-order valence-electron chi connectivity index (χ3n) is 5.59. The maximum absolute atomic E-state index is 12.8. The molecule has 2 aliphatic heterocycles. The standard InChI is InChI=1S/C18H28N4O2.ClH/c1-13(2)15-20-12-14(16(23)21-15)17(24)22-10-3-4-18(7-11-22)5-8-19-9-6-18;/h12-13,19H,3-11H2,1-2H3,(H,20,21,23);1H. The van der Waals surface area contributed by atoms with Gasteiger partial charge in [-0.1, -0.05) is 13.8 Å². The molecule has 1 aromatic heterocycles. The van der Waals surface area contributed by atoms with Crippen LogP contribution in [0.25, 0.3) is 0 Å². The summed E-state index contributed by atoms with van der Waals surface area (Å²) in [6, 6.07) is 0. The van der Waals surface area contributed by atoms with Crippen molar-refractivity contribution in [1.29, 1.82) is 0 Å². The predicted octanol–water partition coefficient (Wildman–Crippen LogP) is 2.31. The van der Waals surface area contributed by atoms with Gasteiger partial charge < -0.3 is 15.2 Å². The Labute approximate surface area is 155 Å². The van der Waals surface area contributed by atoms with Crippen LogP contribution in [-0.2, 0) is 0 Å². The van der Waals surface area contributed by atoms with E-state index in [1.165, 1.54) is 25.5 Å². The lowest BCUT2D eigenvalue weighted by Gasteiger charge is -2.37. The van der Waals surface area contributed by atoms with E-state index in [1.54, 1.807) is 0 Å². The van der Waals surface area contributed by atoms with Gasteiger partial charge in [0.25, 0.3) is 11.5 Å². The number of rotatable bonds is 2. The number of amides is 1. The summed E-state index contributed by atoms with van der Waals surface area (Å²) in [5.74, 6) is 0.589. The molecular formula is C18H29ClN4O2. The van der Waals surface area contributed by atoms with Gasteiger partial charge in [0.05, 0.1) is 0 Å². The summed E-state index contributed by atoms with van der Waals surface area (Å²) in [6.45, 7) is 7.56. The minimum Gasteiger partial charge on any atom is -0.338 e. The van der Waals surface area contributed by atoms with Crippen LogP contribution in [0.15, 0.2) is 11.0 Å². The van der Waals surface area contributed by atoms with Crippen LogP contribution in [0.5, 0.6) is 0 Å². The number of likely N-dealkylation sites (tertiary alicyclic amines) is 1. The number of H-pyrrole nitrogens is 1. The summed E-state index contributed by atoms with van der Waals surface area (Å²) in [6.07, 6.45) is 7.07. The Bertz CT molecular complexity index is 653. The maximum atomic E-state index is 12.8. The minimum atomic E-state index is -0.320. The van der Waals surface area contributed by atoms with Gasteiger partial charge in [0.2, 0.25) is 0 Å². The number of hydrogen-bond acceptors (Lipinski definition) is 4. The van der Waals surface area contributed by atoms with Crippen molar-refractivity contribution in [2.45, 2.75) is 51.9 Å². The zero-order valence-corrected chi connectivity index (χ0v) is 16.0. The van der Waals surface area contributed by atoms with E-state index in [-0.39, 0.29) is 35.4 Å². The number of carbonyl (C=O) groups is 1. The first kappa shape index (κ1) is 19.9. The van der Waals surface area contributed by atoms with Crippen LogP contribution < -0.4 is 10.9 Å². The van der Waals surface area contributed by atoms with Gasteiger partial charge in [-0.05, 0) is 50.6 Å². The average Bonchev–Trinajstić information content (AvgIpc) is 2.77. The molecule has 0 atom stereocenters. The zero-order chi connectivity index (χ0) is 17.2. The van der Waals surface area contributed by atoms with Crippen LogP contribution in [0, 0.1) is 5.41 Å². The number of halogens is 1. The molecule has 0 unspecified atom stereocenters. The molecule has 2 saturated heterocycles. The van der Waals surface area contributed by atoms with Gasteiger partial charge in [0, 0.05) is 25.2 Å². The zero-order valence-electron chi connectivity index (χ0n) is 15.1. The van der Waals surface area contributed by atoms with E-state index in [1.807, 2.05) is 18.7 Å². The third-order valence-corrected chi connectivity index (χ3v) is 5.59. The van der Waals surface area contributed by atoms with E-state index < -0.39 is 0 Å². The van der Waals surface area contributed by atoms with Crippen molar-refractivity contribution >= 4 is 18.3 Å². The topological polar surface area (TPSA) is 78.1 Å². The number of aromatic nitrogens is 2. The molecule has 0 aromatic carbocycles. The number of aromatic amines is 1. The van der Waals surface area contributed by atoms with E-state index in [0.717, 1.165) is 39.0 Å². The first-order valence-corrected chi connectivity index (χ1v) is 9.10. The fourth-order valence-electron chi connectivity index (χ4n) is 3.94. The van der Waals surface area contributed by atoms with Gasteiger partial charge in [0.1, 0.15) is 11.4 Å². The Kier molecular flexibility index (Phi) is 6.63. The number of piperidine rings is 1.